The quantitative estimate of drug-likeness (QED) is 0.542. The third-order valence-electron chi connectivity index (χ3n) is 0.992. The highest BCUT2D eigenvalue weighted by atomic mass is 16.2. The van der Waals surface area contributed by atoms with Crippen LogP contribution in [0.5, 0.6) is 0 Å². The zero-order valence-corrected chi connectivity index (χ0v) is 5.07. The summed E-state index contributed by atoms with van der Waals surface area (Å²) in [7, 11) is 0. The molecule has 5 heteroatoms. The van der Waals surface area contributed by atoms with Crippen molar-refractivity contribution in [3.8, 4) is 0 Å². The van der Waals surface area contributed by atoms with E-state index in [9.17, 15) is 9.59 Å². The zero-order valence-electron chi connectivity index (χ0n) is 5.07. The highest BCUT2D eigenvalue weighted by Gasteiger charge is 2.09. The van der Waals surface area contributed by atoms with Crippen LogP contribution in [0, 0.1) is 0 Å². The Balaban J connectivity index is 2.77. The van der Waals surface area contributed by atoms with Crippen LogP contribution < -0.4 is 5.73 Å². The molecule has 0 aromatic rings. The number of carbonyl (C=O) groups is 2. The highest BCUT2D eigenvalue weighted by Crippen LogP contribution is 2.06. The van der Waals surface area contributed by atoms with Crippen molar-refractivity contribution in [3.63, 3.8) is 0 Å². The van der Waals surface area contributed by atoms with Crippen molar-refractivity contribution in [2.24, 2.45) is 16.0 Å². The minimum absolute atomic E-state index is 0.0552. The first kappa shape index (κ1) is 6.60. The van der Waals surface area contributed by atoms with Gasteiger partial charge in [0.05, 0.1) is 6.42 Å². The molecule has 2 amide bonds. The van der Waals surface area contributed by atoms with Gasteiger partial charge in [0.1, 0.15) is 5.70 Å². The fourth-order valence-corrected chi connectivity index (χ4v) is 0.525. The molecular formula is C5H5N3O2. The summed E-state index contributed by atoms with van der Waals surface area (Å²) in [5.74, 6) is -1.01. The van der Waals surface area contributed by atoms with Gasteiger partial charge in [-0.1, -0.05) is 0 Å². The fraction of sp³-hybridized carbons (Fsp3) is 0.200. The van der Waals surface area contributed by atoms with E-state index in [1.165, 1.54) is 6.08 Å². The summed E-state index contributed by atoms with van der Waals surface area (Å²) in [6, 6.07) is 0. The van der Waals surface area contributed by atoms with Crippen LogP contribution in [0.15, 0.2) is 22.0 Å². The van der Waals surface area contributed by atoms with Crippen LogP contribution in [0.2, 0.25) is 0 Å². The molecule has 0 saturated heterocycles. The van der Waals surface area contributed by atoms with Gasteiger partial charge in [0.2, 0.25) is 0 Å². The molecule has 1 aliphatic heterocycles. The average molecular weight is 139 g/mol. The zero-order chi connectivity index (χ0) is 7.56. The van der Waals surface area contributed by atoms with Gasteiger partial charge in [-0.05, 0) is 6.08 Å². The standard InChI is InChI=1S/C5H5N3O2/c6-5(10)3-1-2-4(9)8-7-3/h1H,2H2,(H2,6,10). The van der Waals surface area contributed by atoms with Crippen LogP contribution in [0.4, 0.5) is 0 Å². The van der Waals surface area contributed by atoms with Crippen molar-refractivity contribution < 1.29 is 9.59 Å². The first-order valence-electron chi connectivity index (χ1n) is 2.64. The van der Waals surface area contributed by atoms with Gasteiger partial charge in [0.25, 0.3) is 11.8 Å². The number of hydrogen-bond acceptors (Lipinski definition) is 3. The van der Waals surface area contributed by atoms with E-state index in [1.54, 1.807) is 0 Å². The summed E-state index contributed by atoms with van der Waals surface area (Å²) in [4.78, 5) is 20.7. The van der Waals surface area contributed by atoms with Crippen LogP contribution in [0.3, 0.4) is 0 Å². The Hall–Kier alpha value is -1.52. The van der Waals surface area contributed by atoms with Crippen LogP contribution in [0.25, 0.3) is 0 Å². The molecule has 1 aliphatic rings. The lowest BCUT2D eigenvalue weighted by Gasteiger charge is -1.97. The molecule has 2 N–H and O–H groups in total. The first-order valence-corrected chi connectivity index (χ1v) is 2.64. The summed E-state index contributed by atoms with van der Waals surface area (Å²) >= 11 is 0. The lowest BCUT2D eigenvalue weighted by molar-refractivity contribution is -0.117. The van der Waals surface area contributed by atoms with Crippen LogP contribution in [0.1, 0.15) is 6.42 Å². The predicted molar refractivity (Wildman–Crippen MR) is 31.8 cm³/mol. The van der Waals surface area contributed by atoms with Gasteiger partial charge < -0.3 is 5.73 Å². The Morgan fingerprint density at radius 3 is 2.70 bits per heavy atom. The van der Waals surface area contributed by atoms with Gasteiger partial charge >= 0.3 is 0 Å². The van der Waals surface area contributed by atoms with Gasteiger partial charge in [-0.15, -0.1) is 10.2 Å². The number of hydrogen-bond donors (Lipinski definition) is 1. The molecule has 0 fully saturated rings. The average Bonchev–Trinajstić information content (AvgIpc) is 1.88. The molecule has 0 aliphatic carbocycles. The van der Waals surface area contributed by atoms with Crippen molar-refractivity contribution in [2.45, 2.75) is 6.42 Å². The van der Waals surface area contributed by atoms with E-state index in [2.05, 4.69) is 10.2 Å². The fourth-order valence-electron chi connectivity index (χ4n) is 0.525. The molecule has 0 radical (unpaired) electrons. The maximum absolute atomic E-state index is 10.4. The summed E-state index contributed by atoms with van der Waals surface area (Å²) in [5.41, 5.74) is 4.90. The number of primary amides is 1. The largest absolute Gasteiger partial charge is 0.364 e. The molecular weight excluding hydrogens is 134 g/mol. The molecule has 1 rings (SSSR count). The first-order chi connectivity index (χ1) is 4.70. The lowest BCUT2D eigenvalue weighted by atomic mass is 10.3. The molecule has 0 aromatic carbocycles. The minimum atomic E-state index is -0.656. The number of nitrogens with zero attached hydrogens (tertiary/aromatic N) is 2. The molecule has 0 aromatic heterocycles. The molecule has 0 spiro atoms. The second-order valence-corrected chi connectivity index (χ2v) is 1.75. The summed E-state index contributed by atoms with van der Waals surface area (Å²) in [6.45, 7) is 0. The van der Waals surface area contributed by atoms with E-state index in [1.807, 2.05) is 0 Å². The van der Waals surface area contributed by atoms with E-state index in [0.29, 0.717) is 0 Å². The Morgan fingerprint density at radius 1 is 1.60 bits per heavy atom. The molecule has 0 atom stereocenters. The molecule has 0 unspecified atom stereocenters. The maximum Gasteiger partial charge on any atom is 0.268 e. The smallest absolute Gasteiger partial charge is 0.268 e. The summed E-state index contributed by atoms with van der Waals surface area (Å²) in [6.07, 6.45) is 1.47. The Morgan fingerprint density at radius 2 is 2.30 bits per heavy atom. The minimum Gasteiger partial charge on any atom is -0.364 e. The van der Waals surface area contributed by atoms with E-state index in [0.717, 1.165) is 0 Å². The van der Waals surface area contributed by atoms with E-state index < -0.39 is 5.91 Å². The van der Waals surface area contributed by atoms with Crippen molar-refractivity contribution in [1.29, 1.82) is 0 Å². The second kappa shape index (κ2) is 2.38. The predicted octanol–water partition coefficient (Wildman–Crippen LogP) is -0.262. The normalized spacial score (nSPS) is 16.8. The van der Waals surface area contributed by atoms with Gasteiger partial charge in [-0.3, -0.25) is 9.59 Å². The molecule has 52 valence electrons. The van der Waals surface area contributed by atoms with Crippen molar-refractivity contribution in [1.82, 2.24) is 0 Å². The number of azo groups is 1. The maximum atomic E-state index is 10.4. The van der Waals surface area contributed by atoms with Crippen molar-refractivity contribution >= 4 is 11.8 Å². The topological polar surface area (TPSA) is 84.9 Å². The van der Waals surface area contributed by atoms with Gasteiger partial charge in [-0.25, -0.2) is 0 Å². The lowest BCUT2D eigenvalue weighted by Crippen LogP contribution is -2.14. The number of carbonyl (C=O) groups excluding carboxylic acids is 2. The molecule has 0 bridgehead atoms. The van der Waals surface area contributed by atoms with Crippen molar-refractivity contribution in [3.05, 3.63) is 11.8 Å². The Labute approximate surface area is 56.6 Å². The summed E-state index contributed by atoms with van der Waals surface area (Å²) < 4.78 is 0. The molecule has 1 heterocycles. The van der Waals surface area contributed by atoms with Crippen LogP contribution in [-0.2, 0) is 9.59 Å². The van der Waals surface area contributed by atoms with Gasteiger partial charge in [0.15, 0.2) is 0 Å². The number of nitrogens with two attached hydrogens (primary N) is 1. The van der Waals surface area contributed by atoms with Crippen LogP contribution in [-0.4, -0.2) is 11.8 Å². The van der Waals surface area contributed by atoms with E-state index in [4.69, 9.17) is 5.73 Å². The number of amides is 2. The Bertz CT molecular complexity index is 241. The van der Waals surface area contributed by atoms with E-state index >= 15 is 0 Å². The molecule has 5 nitrogen and oxygen atoms in total. The monoisotopic (exact) mass is 139 g/mol. The third-order valence-corrected chi connectivity index (χ3v) is 0.992. The number of rotatable bonds is 1. The molecule has 10 heavy (non-hydrogen) atoms. The van der Waals surface area contributed by atoms with Crippen LogP contribution >= 0.6 is 0 Å². The Kier molecular flexibility index (Phi) is 1.57. The third kappa shape index (κ3) is 1.25. The van der Waals surface area contributed by atoms with Crippen molar-refractivity contribution in [2.75, 3.05) is 0 Å². The van der Waals surface area contributed by atoms with Gasteiger partial charge in [-0.2, -0.15) is 0 Å². The second-order valence-electron chi connectivity index (χ2n) is 1.75. The van der Waals surface area contributed by atoms with Gasteiger partial charge in [0, 0.05) is 0 Å². The SMILES string of the molecule is NC(=O)C1=CCC(=O)N=N1. The summed E-state index contributed by atoms with van der Waals surface area (Å²) in [5, 5.41) is 6.42. The molecule has 0 saturated carbocycles. The van der Waals surface area contributed by atoms with E-state index in [-0.39, 0.29) is 18.0 Å². The highest BCUT2D eigenvalue weighted by molar-refractivity contribution is 5.93.